The van der Waals surface area contributed by atoms with E-state index in [9.17, 15) is 19.7 Å². The van der Waals surface area contributed by atoms with Gasteiger partial charge in [-0.05, 0) is 24.6 Å². The van der Waals surface area contributed by atoms with Crippen molar-refractivity contribution in [2.45, 2.75) is 27.7 Å². The summed E-state index contributed by atoms with van der Waals surface area (Å²) in [7, 11) is 0. The van der Waals surface area contributed by atoms with Crippen molar-refractivity contribution >= 4 is 33.9 Å². The Balaban J connectivity index is 2.47. The first-order valence-corrected chi connectivity index (χ1v) is 8.88. The number of hydrogen-bond acceptors (Lipinski definition) is 6. The van der Waals surface area contributed by atoms with Crippen LogP contribution in [0, 0.1) is 15.5 Å². The number of nitrogens with zero attached hydrogens (tertiary/aromatic N) is 1. The van der Waals surface area contributed by atoms with Crippen molar-refractivity contribution in [3.63, 3.8) is 0 Å². The minimum atomic E-state index is -0.622. The summed E-state index contributed by atoms with van der Waals surface area (Å²) in [5.74, 6) is -0.772. The molecule has 0 atom stereocenters. The lowest BCUT2D eigenvalue weighted by Gasteiger charge is -2.17. The first-order chi connectivity index (χ1) is 12.1. The van der Waals surface area contributed by atoms with Gasteiger partial charge < -0.3 is 10.1 Å². The fraction of sp³-hybridized carbons (Fsp3) is 0.333. The smallest absolute Gasteiger partial charge is 0.341 e. The van der Waals surface area contributed by atoms with Crippen LogP contribution < -0.4 is 5.32 Å². The number of nitrogens with one attached hydrogen (secondary N) is 1. The van der Waals surface area contributed by atoms with Crippen LogP contribution in [0.5, 0.6) is 0 Å². The molecule has 0 unspecified atom stereocenters. The number of benzene rings is 1. The Morgan fingerprint density at radius 2 is 1.85 bits per heavy atom. The molecule has 0 aliphatic rings. The number of ether oxygens (including phenoxy) is 1. The van der Waals surface area contributed by atoms with Gasteiger partial charge in [-0.2, -0.15) is 0 Å². The standard InChI is InChI=1S/C18H20N2O5S/c1-5-25-16(21)14-13(11-6-8-12(9-7-11)20(23)24)10-26-15(14)19-17(22)18(2,3)4/h6-10H,5H2,1-4H3,(H,19,22). The van der Waals surface area contributed by atoms with Gasteiger partial charge in [0.15, 0.2) is 0 Å². The molecule has 1 amide bonds. The number of non-ortho nitro benzene ring substituents is 1. The molecule has 0 bridgehead atoms. The van der Waals surface area contributed by atoms with Crippen molar-refractivity contribution in [3.05, 3.63) is 45.3 Å². The van der Waals surface area contributed by atoms with Crippen molar-refractivity contribution in [1.82, 2.24) is 0 Å². The third-order valence-corrected chi connectivity index (χ3v) is 4.46. The van der Waals surface area contributed by atoms with Gasteiger partial charge in [0.05, 0.1) is 11.5 Å². The summed E-state index contributed by atoms with van der Waals surface area (Å²) in [6, 6.07) is 5.88. The van der Waals surface area contributed by atoms with Gasteiger partial charge in [-0.25, -0.2) is 4.79 Å². The molecule has 7 nitrogen and oxygen atoms in total. The maximum Gasteiger partial charge on any atom is 0.341 e. The highest BCUT2D eigenvalue weighted by molar-refractivity contribution is 7.15. The number of carbonyl (C=O) groups excluding carboxylic acids is 2. The lowest BCUT2D eigenvalue weighted by atomic mass is 9.95. The predicted octanol–water partition coefficient (Wildman–Crippen LogP) is 4.48. The SMILES string of the molecule is CCOC(=O)c1c(-c2ccc([N+](=O)[O-])cc2)csc1NC(=O)C(C)(C)C. The zero-order valence-electron chi connectivity index (χ0n) is 15.0. The van der Waals surface area contributed by atoms with E-state index in [1.54, 1.807) is 45.2 Å². The van der Waals surface area contributed by atoms with Gasteiger partial charge in [0, 0.05) is 28.5 Å². The third-order valence-electron chi connectivity index (χ3n) is 3.57. The van der Waals surface area contributed by atoms with Crippen molar-refractivity contribution < 1.29 is 19.2 Å². The molecule has 0 radical (unpaired) electrons. The first-order valence-electron chi connectivity index (χ1n) is 8.00. The van der Waals surface area contributed by atoms with Crippen LogP contribution in [0.15, 0.2) is 29.6 Å². The molecule has 26 heavy (non-hydrogen) atoms. The van der Waals surface area contributed by atoms with Gasteiger partial charge in [0.1, 0.15) is 10.6 Å². The summed E-state index contributed by atoms with van der Waals surface area (Å²) >= 11 is 1.21. The largest absolute Gasteiger partial charge is 0.462 e. The number of hydrogen-bond donors (Lipinski definition) is 1. The third kappa shape index (κ3) is 4.26. The normalized spacial score (nSPS) is 11.1. The van der Waals surface area contributed by atoms with Crippen LogP contribution in [-0.2, 0) is 9.53 Å². The highest BCUT2D eigenvalue weighted by atomic mass is 32.1. The second-order valence-corrected chi connectivity index (χ2v) is 7.46. The molecule has 1 aromatic carbocycles. The molecule has 138 valence electrons. The highest BCUT2D eigenvalue weighted by Gasteiger charge is 2.27. The average molecular weight is 376 g/mol. The van der Waals surface area contributed by atoms with E-state index < -0.39 is 16.3 Å². The molecule has 0 aliphatic heterocycles. The van der Waals surface area contributed by atoms with Crippen molar-refractivity contribution in [2.75, 3.05) is 11.9 Å². The minimum absolute atomic E-state index is 0.0390. The quantitative estimate of drug-likeness (QED) is 0.471. The molecule has 1 N–H and O–H groups in total. The number of nitro benzene ring substituents is 1. The number of anilines is 1. The molecule has 0 spiro atoms. The van der Waals surface area contributed by atoms with Gasteiger partial charge in [0.2, 0.25) is 5.91 Å². The zero-order chi connectivity index (χ0) is 19.5. The maximum atomic E-state index is 12.5. The molecule has 2 aromatic rings. The predicted molar refractivity (Wildman–Crippen MR) is 100 cm³/mol. The van der Waals surface area contributed by atoms with E-state index in [0.29, 0.717) is 16.1 Å². The van der Waals surface area contributed by atoms with E-state index in [-0.39, 0.29) is 23.8 Å². The van der Waals surface area contributed by atoms with E-state index in [1.165, 1.54) is 23.5 Å². The fourth-order valence-electron chi connectivity index (χ4n) is 2.12. The van der Waals surface area contributed by atoms with E-state index in [0.717, 1.165) is 0 Å². The zero-order valence-corrected chi connectivity index (χ0v) is 15.8. The van der Waals surface area contributed by atoms with E-state index in [4.69, 9.17) is 4.74 Å². The number of nitro groups is 1. The molecule has 1 heterocycles. The summed E-state index contributed by atoms with van der Waals surface area (Å²) in [5, 5.41) is 15.7. The van der Waals surface area contributed by atoms with E-state index >= 15 is 0 Å². The van der Waals surface area contributed by atoms with E-state index in [1.807, 2.05) is 0 Å². The van der Waals surface area contributed by atoms with Crippen LogP contribution in [0.2, 0.25) is 0 Å². The molecule has 1 aromatic heterocycles. The number of carbonyl (C=O) groups is 2. The van der Waals surface area contributed by atoms with Gasteiger partial charge in [0.25, 0.3) is 5.69 Å². The van der Waals surface area contributed by atoms with E-state index in [2.05, 4.69) is 5.32 Å². The summed E-state index contributed by atoms with van der Waals surface area (Å²) in [5.41, 5.74) is 0.786. The van der Waals surface area contributed by atoms with Crippen LogP contribution in [0.1, 0.15) is 38.1 Å². The van der Waals surface area contributed by atoms with Crippen molar-refractivity contribution in [1.29, 1.82) is 0 Å². The van der Waals surface area contributed by atoms with Crippen LogP contribution in [0.3, 0.4) is 0 Å². The Morgan fingerprint density at radius 1 is 1.23 bits per heavy atom. The second kappa shape index (κ2) is 7.65. The lowest BCUT2D eigenvalue weighted by molar-refractivity contribution is -0.384. The van der Waals surface area contributed by atoms with Crippen molar-refractivity contribution in [3.8, 4) is 11.1 Å². The first kappa shape index (κ1) is 19.6. The van der Waals surface area contributed by atoms with Crippen LogP contribution in [0.4, 0.5) is 10.7 Å². The summed E-state index contributed by atoms with van der Waals surface area (Å²) in [6.07, 6.45) is 0. The molecule has 0 fully saturated rings. The number of thiophene rings is 1. The molecule has 8 heteroatoms. The topological polar surface area (TPSA) is 98.5 Å². The summed E-state index contributed by atoms with van der Waals surface area (Å²) in [6.45, 7) is 7.22. The average Bonchev–Trinajstić information content (AvgIpc) is 2.98. The lowest BCUT2D eigenvalue weighted by Crippen LogP contribution is -2.28. The summed E-state index contributed by atoms with van der Waals surface area (Å²) in [4.78, 5) is 35.1. The Morgan fingerprint density at radius 3 is 2.35 bits per heavy atom. The fourth-order valence-corrected chi connectivity index (χ4v) is 3.07. The number of amides is 1. The molecule has 0 saturated carbocycles. The molecule has 0 saturated heterocycles. The Bertz CT molecular complexity index is 834. The van der Waals surface area contributed by atoms with Gasteiger partial charge in [-0.3, -0.25) is 14.9 Å². The van der Waals surface area contributed by atoms with Gasteiger partial charge in [-0.15, -0.1) is 11.3 Å². The van der Waals surface area contributed by atoms with Crippen molar-refractivity contribution in [2.24, 2.45) is 5.41 Å². The van der Waals surface area contributed by atoms with Crippen LogP contribution in [-0.4, -0.2) is 23.4 Å². The Hall–Kier alpha value is -2.74. The maximum absolute atomic E-state index is 12.5. The molecular formula is C18H20N2O5S. The van der Waals surface area contributed by atoms with Crippen LogP contribution >= 0.6 is 11.3 Å². The Labute approximate surface area is 155 Å². The minimum Gasteiger partial charge on any atom is -0.462 e. The monoisotopic (exact) mass is 376 g/mol. The molecule has 2 rings (SSSR count). The van der Waals surface area contributed by atoms with Gasteiger partial charge in [-0.1, -0.05) is 20.8 Å². The molecular weight excluding hydrogens is 356 g/mol. The second-order valence-electron chi connectivity index (χ2n) is 6.58. The summed E-state index contributed by atoms with van der Waals surface area (Å²) < 4.78 is 5.13. The number of rotatable bonds is 5. The highest BCUT2D eigenvalue weighted by Crippen LogP contribution is 2.37. The Kier molecular flexibility index (Phi) is 5.76. The van der Waals surface area contributed by atoms with Gasteiger partial charge >= 0.3 is 5.97 Å². The van der Waals surface area contributed by atoms with Crippen LogP contribution in [0.25, 0.3) is 11.1 Å². The number of esters is 1. The molecule has 0 aliphatic carbocycles.